The monoisotopic (exact) mass is 247 g/mol. The van der Waals surface area contributed by atoms with Crippen LogP contribution in [0.5, 0.6) is 0 Å². The van der Waals surface area contributed by atoms with Gasteiger partial charge in [-0.05, 0) is 6.42 Å². The van der Waals surface area contributed by atoms with Gasteiger partial charge >= 0.3 is 18.0 Å². The first-order chi connectivity index (χ1) is 7.20. The van der Waals surface area contributed by atoms with E-state index in [1.807, 2.05) is 0 Å². The van der Waals surface area contributed by atoms with Crippen LogP contribution in [0.15, 0.2) is 0 Å². The maximum atomic E-state index is 12.6. The Balaban J connectivity index is 2.72. The predicted molar refractivity (Wildman–Crippen MR) is 42.8 cm³/mol. The van der Waals surface area contributed by atoms with E-state index in [-0.39, 0.29) is 26.1 Å². The van der Waals surface area contributed by atoms with E-state index in [0.717, 1.165) is 0 Å². The Hall–Kier alpha value is -0.920. The standard InChI is InChI=1S/C8H10F5NO2/c9-7(10,8(11,12)13)6(16)14-2-1-5(3-14)4-15/h5,15H,1-4H2. The number of likely N-dealkylation sites (tertiary alicyclic amines) is 1. The molecule has 3 nitrogen and oxygen atoms in total. The Bertz CT molecular complexity index is 278. The number of nitrogens with zero attached hydrogens (tertiary/aromatic N) is 1. The summed E-state index contributed by atoms with van der Waals surface area (Å²) in [6.07, 6.45) is -5.64. The lowest BCUT2D eigenvalue weighted by atomic mass is 10.1. The van der Waals surface area contributed by atoms with Crippen LogP contribution in [0.1, 0.15) is 6.42 Å². The molecular formula is C8H10F5NO2. The Labute approximate surface area is 87.8 Å². The van der Waals surface area contributed by atoms with Crippen molar-refractivity contribution in [3.05, 3.63) is 0 Å². The molecule has 1 rings (SSSR count). The molecule has 1 heterocycles. The summed E-state index contributed by atoms with van der Waals surface area (Å²) in [6, 6.07) is 0. The molecule has 1 saturated heterocycles. The van der Waals surface area contributed by atoms with Crippen molar-refractivity contribution in [2.24, 2.45) is 5.92 Å². The van der Waals surface area contributed by atoms with Crippen molar-refractivity contribution in [2.45, 2.75) is 18.5 Å². The predicted octanol–water partition coefficient (Wildman–Crippen LogP) is 1.02. The van der Waals surface area contributed by atoms with Crippen molar-refractivity contribution >= 4 is 5.91 Å². The minimum atomic E-state index is -5.87. The number of aliphatic hydroxyl groups is 1. The highest BCUT2D eigenvalue weighted by Crippen LogP contribution is 2.37. The third kappa shape index (κ3) is 2.26. The Morgan fingerprint density at radius 1 is 1.31 bits per heavy atom. The molecule has 1 aliphatic rings. The van der Waals surface area contributed by atoms with Crippen LogP contribution in [-0.4, -0.2) is 47.7 Å². The fraction of sp³-hybridized carbons (Fsp3) is 0.875. The molecule has 0 radical (unpaired) electrons. The first-order valence-electron chi connectivity index (χ1n) is 4.55. The van der Waals surface area contributed by atoms with E-state index >= 15 is 0 Å². The smallest absolute Gasteiger partial charge is 0.396 e. The summed E-state index contributed by atoms with van der Waals surface area (Å²) in [5.41, 5.74) is 0. The summed E-state index contributed by atoms with van der Waals surface area (Å²) in [6.45, 7) is -0.780. The molecule has 0 bridgehead atoms. The van der Waals surface area contributed by atoms with Gasteiger partial charge in [-0.2, -0.15) is 22.0 Å². The maximum absolute atomic E-state index is 12.6. The van der Waals surface area contributed by atoms with Crippen LogP contribution in [0.2, 0.25) is 0 Å². The van der Waals surface area contributed by atoms with Crippen molar-refractivity contribution in [3.63, 3.8) is 0 Å². The van der Waals surface area contributed by atoms with Crippen molar-refractivity contribution in [2.75, 3.05) is 19.7 Å². The number of carbonyl (C=O) groups is 1. The van der Waals surface area contributed by atoms with Gasteiger partial charge in [-0.15, -0.1) is 0 Å². The minimum absolute atomic E-state index is 0.185. The summed E-state index contributed by atoms with van der Waals surface area (Å²) in [7, 11) is 0. The molecular weight excluding hydrogens is 237 g/mol. The van der Waals surface area contributed by atoms with Gasteiger partial charge in [-0.25, -0.2) is 0 Å². The lowest BCUT2D eigenvalue weighted by Gasteiger charge is -2.24. The van der Waals surface area contributed by atoms with E-state index in [9.17, 15) is 26.7 Å². The van der Waals surface area contributed by atoms with Gasteiger partial charge in [0.2, 0.25) is 0 Å². The summed E-state index contributed by atoms with van der Waals surface area (Å²) in [5.74, 6) is -8.01. The van der Waals surface area contributed by atoms with E-state index in [2.05, 4.69) is 0 Å². The van der Waals surface area contributed by atoms with E-state index < -0.39 is 23.9 Å². The number of amides is 1. The largest absolute Gasteiger partial charge is 0.463 e. The lowest BCUT2D eigenvalue weighted by Crippen LogP contribution is -2.51. The van der Waals surface area contributed by atoms with Gasteiger partial charge in [-0.1, -0.05) is 0 Å². The second-order valence-corrected chi connectivity index (χ2v) is 3.66. The lowest BCUT2D eigenvalue weighted by molar-refractivity contribution is -0.274. The highest BCUT2D eigenvalue weighted by molar-refractivity contribution is 5.84. The van der Waals surface area contributed by atoms with E-state index in [1.54, 1.807) is 0 Å². The van der Waals surface area contributed by atoms with Gasteiger partial charge in [0.05, 0.1) is 0 Å². The van der Waals surface area contributed by atoms with Crippen LogP contribution in [0.25, 0.3) is 0 Å². The summed E-state index contributed by atoms with van der Waals surface area (Å²) in [5, 5.41) is 8.68. The Morgan fingerprint density at radius 3 is 2.25 bits per heavy atom. The molecule has 0 aromatic carbocycles. The normalized spacial score (nSPS) is 22.6. The van der Waals surface area contributed by atoms with Crippen LogP contribution in [0.3, 0.4) is 0 Å². The SMILES string of the molecule is O=C(N1CCC(CO)C1)C(F)(F)C(F)(F)F. The fourth-order valence-corrected chi connectivity index (χ4v) is 1.49. The molecule has 1 atom stereocenters. The van der Waals surface area contributed by atoms with Crippen molar-refractivity contribution in [1.82, 2.24) is 4.90 Å². The molecule has 0 aliphatic carbocycles. The first kappa shape index (κ1) is 13.1. The molecule has 1 fully saturated rings. The van der Waals surface area contributed by atoms with Crippen molar-refractivity contribution in [1.29, 1.82) is 0 Å². The van der Waals surface area contributed by atoms with Gasteiger partial charge < -0.3 is 10.0 Å². The number of halogens is 5. The molecule has 0 aromatic heterocycles. The molecule has 8 heteroatoms. The minimum Gasteiger partial charge on any atom is -0.396 e. The summed E-state index contributed by atoms with van der Waals surface area (Å²) >= 11 is 0. The van der Waals surface area contributed by atoms with Crippen LogP contribution >= 0.6 is 0 Å². The zero-order valence-corrected chi connectivity index (χ0v) is 8.10. The number of aliphatic hydroxyl groups excluding tert-OH is 1. The Morgan fingerprint density at radius 2 is 1.88 bits per heavy atom. The average molecular weight is 247 g/mol. The van der Waals surface area contributed by atoms with Crippen LogP contribution < -0.4 is 0 Å². The summed E-state index contributed by atoms with van der Waals surface area (Å²) < 4.78 is 60.9. The zero-order valence-electron chi connectivity index (χ0n) is 8.10. The Kier molecular flexibility index (Phi) is 3.41. The quantitative estimate of drug-likeness (QED) is 0.740. The second kappa shape index (κ2) is 4.15. The van der Waals surface area contributed by atoms with Gasteiger partial charge in [-0.3, -0.25) is 4.79 Å². The molecule has 0 saturated carbocycles. The van der Waals surface area contributed by atoms with Crippen LogP contribution in [-0.2, 0) is 4.79 Å². The van der Waals surface area contributed by atoms with E-state index in [4.69, 9.17) is 5.11 Å². The van der Waals surface area contributed by atoms with E-state index in [1.165, 1.54) is 0 Å². The molecule has 1 unspecified atom stereocenters. The van der Waals surface area contributed by atoms with E-state index in [0.29, 0.717) is 4.90 Å². The summed E-state index contributed by atoms with van der Waals surface area (Å²) in [4.78, 5) is 11.4. The molecule has 1 amide bonds. The number of rotatable bonds is 2. The third-order valence-corrected chi connectivity index (χ3v) is 2.46. The average Bonchev–Trinajstić information content (AvgIpc) is 2.62. The van der Waals surface area contributed by atoms with Crippen molar-refractivity contribution < 1.29 is 31.9 Å². The fourth-order valence-electron chi connectivity index (χ4n) is 1.49. The molecule has 1 aliphatic heterocycles. The van der Waals surface area contributed by atoms with Gasteiger partial charge in [0, 0.05) is 25.6 Å². The molecule has 1 N–H and O–H groups in total. The number of hydrogen-bond acceptors (Lipinski definition) is 2. The van der Waals surface area contributed by atoms with Gasteiger partial charge in [0.15, 0.2) is 0 Å². The van der Waals surface area contributed by atoms with Crippen LogP contribution in [0.4, 0.5) is 22.0 Å². The number of carbonyl (C=O) groups excluding carboxylic acids is 1. The van der Waals surface area contributed by atoms with Crippen LogP contribution in [0, 0.1) is 5.92 Å². The molecule has 94 valence electrons. The molecule has 0 spiro atoms. The second-order valence-electron chi connectivity index (χ2n) is 3.66. The molecule has 16 heavy (non-hydrogen) atoms. The third-order valence-electron chi connectivity index (χ3n) is 2.46. The maximum Gasteiger partial charge on any atom is 0.463 e. The highest BCUT2D eigenvalue weighted by atomic mass is 19.4. The van der Waals surface area contributed by atoms with Gasteiger partial charge in [0.1, 0.15) is 0 Å². The molecule has 0 aromatic rings. The van der Waals surface area contributed by atoms with Gasteiger partial charge in [0.25, 0.3) is 0 Å². The number of hydrogen-bond donors (Lipinski definition) is 1. The van der Waals surface area contributed by atoms with Crippen molar-refractivity contribution in [3.8, 4) is 0 Å². The number of alkyl halides is 5. The zero-order chi connectivity index (χ0) is 12.6. The highest BCUT2D eigenvalue weighted by Gasteiger charge is 2.64. The first-order valence-corrected chi connectivity index (χ1v) is 4.55. The topological polar surface area (TPSA) is 40.5 Å².